The number of carbonyl (C=O) groups is 1. The van der Waals surface area contributed by atoms with E-state index in [9.17, 15) is 4.79 Å². The minimum absolute atomic E-state index is 0.0239. The normalized spacial score (nSPS) is 18.2. The molecule has 0 atom stereocenters. The van der Waals surface area contributed by atoms with Crippen LogP contribution in [0.2, 0.25) is 0 Å². The molecule has 0 aromatic rings. The van der Waals surface area contributed by atoms with Crippen LogP contribution in [0.25, 0.3) is 0 Å². The molecule has 1 saturated carbocycles. The van der Waals surface area contributed by atoms with Crippen molar-refractivity contribution in [3.63, 3.8) is 0 Å². The van der Waals surface area contributed by atoms with Gasteiger partial charge in [-0.15, -0.1) is 0 Å². The maximum atomic E-state index is 11.6. The number of amides is 2. The van der Waals surface area contributed by atoms with Gasteiger partial charge in [0, 0.05) is 12.6 Å². The molecule has 4 N–H and O–H groups in total. The van der Waals surface area contributed by atoms with E-state index in [2.05, 4.69) is 10.6 Å². The third-order valence-electron chi connectivity index (χ3n) is 3.22. The molecule has 0 bridgehead atoms. The van der Waals surface area contributed by atoms with Gasteiger partial charge in [0.05, 0.1) is 0 Å². The number of urea groups is 1. The van der Waals surface area contributed by atoms with E-state index in [1.165, 1.54) is 19.3 Å². The molecular formula is C12H25N3O. The summed E-state index contributed by atoms with van der Waals surface area (Å²) >= 11 is 0. The highest BCUT2D eigenvalue weighted by molar-refractivity contribution is 5.74. The highest BCUT2D eigenvalue weighted by Gasteiger charge is 2.19. The molecule has 0 aliphatic heterocycles. The van der Waals surface area contributed by atoms with Crippen LogP contribution in [0.3, 0.4) is 0 Å². The topological polar surface area (TPSA) is 67.1 Å². The molecule has 1 aliphatic rings. The Morgan fingerprint density at radius 3 is 2.50 bits per heavy atom. The zero-order valence-corrected chi connectivity index (χ0v) is 10.5. The lowest BCUT2D eigenvalue weighted by molar-refractivity contribution is 0.226. The van der Waals surface area contributed by atoms with Crippen molar-refractivity contribution in [2.75, 3.05) is 13.1 Å². The Kier molecular flexibility index (Phi) is 5.06. The van der Waals surface area contributed by atoms with Crippen molar-refractivity contribution in [3.05, 3.63) is 0 Å². The molecule has 2 amide bonds. The van der Waals surface area contributed by atoms with Crippen LogP contribution in [0.1, 0.15) is 46.0 Å². The lowest BCUT2D eigenvalue weighted by Crippen LogP contribution is -2.46. The standard InChI is InChI=1S/C12H25N3O/c1-12(2,8-13)9-14-11(16)15-10-6-4-3-5-7-10/h10H,3-9,13H2,1-2H3,(H2,14,15,16). The molecule has 0 spiro atoms. The molecule has 0 radical (unpaired) electrons. The maximum Gasteiger partial charge on any atom is 0.315 e. The van der Waals surface area contributed by atoms with E-state index in [1.807, 2.05) is 13.8 Å². The highest BCUT2D eigenvalue weighted by Crippen LogP contribution is 2.17. The lowest BCUT2D eigenvalue weighted by atomic mass is 9.94. The number of nitrogens with two attached hydrogens (primary N) is 1. The smallest absolute Gasteiger partial charge is 0.315 e. The summed E-state index contributed by atoms with van der Waals surface area (Å²) in [6, 6.07) is 0.322. The maximum absolute atomic E-state index is 11.6. The number of rotatable bonds is 4. The average Bonchev–Trinajstić information content (AvgIpc) is 2.28. The predicted octanol–water partition coefficient (Wildman–Crippen LogP) is 1.60. The summed E-state index contributed by atoms with van der Waals surface area (Å²) in [6.07, 6.45) is 6.01. The van der Waals surface area contributed by atoms with Gasteiger partial charge < -0.3 is 16.4 Å². The number of hydrogen-bond donors (Lipinski definition) is 3. The molecule has 0 aromatic carbocycles. The van der Waals surface area contributed by atoms with Crippen molar-refractivity contribution in [1.29, 1.82) is 0 Å². The van der Waals surface area contributed by atoms with E-state index in [0.717, 1.165) is 12.8 Å². The zero-order chi connectivity index (χ0) is 12.0. The first-order chi connectivity index (χ1) is 7.53. The van der Waals surface area contributed by atoms with E-state index in [4.69, 9.17) is 5.73 Å². The summed E-state index contributed by atoms with van der Waals surface area (Å²) in [6.45, 7) is 5.31. The van der Waals surface area contributed by atoms with Crippen molar-refractivity contribution in [2.45, 2.75) is 52.0 Å². The van der Waals surface area contributed by atoms with Gasteiger partial charge in [0.15, 0.2) is 0 Å². The van der Waals surface area contributed by atoms with Crippen LogP contribution >= 0.6 is 0 Å². The fourth-order valence-electron chi connectivity index (χ4n) is 1.88. The zero-order valence-electron chi connectivity index (χ0n) is 10.5. The quantitative estimate of drug-likeness (QED) is 0.683. The van der Waals surface area contributed by atoms with Crippen LogP contribution in [-0.4, -0.2) is 25.2 Å². The molecule has 16 heavy (non-hydrogen) atoms. The van der Waals surface area contributed by atoms with E-state index in [1.54, 1.807) is 0 Å². The summed E-state index contributed by atoms with van der Waals surface area (Å²) in [5, 5.41) is 5.92. The lowest BCUT2D eigenvalue weighted by Gasteiger charge is -2.26. The molecule has 1 fully saturated rings. The Labute approximate surface area is 98.3 Å². The molecule has 94 valence electrons. The Bertz CT molecular complexity index is 222. The Balaban J connectivity index is 2.19. The van der Waals surface area contributed by atoms with Crippen LogP contribution in [0, 0.1) is 5.41 Å². The third kappa shape index (κ3) is 4.84. The largest absolute Gasteiger partial charge is 0.338 e. The summed E-state index contributed by atoms with van der Waals surface area (Å²) in [5.74, 6) is 0. The van der Waals surface area contributed by atoms with Crippen LogP contribution in [0.5, 0.6) is 0 Å². The first-order valence-electron chi connectivity index (χ1n) is 6.28. The van der Waals surface area contributed by atoms with Gasteiger partial charge in [-0.25, -0.2) is 4.79 Å². The average molecular weight is 227 g/mol. The number of hydrogen-bond acceptors (Lipinski definition) is 2. The summed E-state index contributed by atoms with van der Waals surface area (Å²) < 4.78 is 0. The van der Waals surface area contributed by atoms with Gasteiger partial charge in [0.25, 0.3) is 0 Å². The summed E-state index contributed by atoms with van der Waals surface area (Å²) in [7, 11) is 0. The van der Waals surface area contributed by atoms with Gasteiger partial charge in [0.1, 0.15) is 0 Å². The summed E-state index contributed by atoms with van der Waals surface area (Å²) in [5.41, 5.74) is 5.58. The van der Waals surface area contributed by atoms with Crippen molar-refractivity contribution in [1.82, 2.24) is 10.6 Å². The highest BCUT2D eigenvalue weighted by atomic mass is 16.2. The molecule has 0 saturated heterocycles. The SMILES string of the molecule is CC(C)(CN)CNC(=O)NC1CCCCC1. The van der Waals surface area contributed by atoms with Gasteiger partial charge in [-0.05, 0) is 24.8 Å². The van der Waals surface area contributed by atoms with Crippen LogP contribution in [-0.2, 0) is 0 Å². The molecule has 4 nitrogen and oxygen atoms in total. The van der Waals surface area contributed by atoms with Gasteiger partial charge in [-0.1, -0.05) is 33.1 Å². The number of carbonyl (C=O) groups excluding carboxylic acids is 1. The van der Waals surface area contributed by atoms with Crippen molar-refractivity contribution in [3.8, 4) is 0 Å². The first-order valence-corrected chi connectivity index (χ1v) is 6.28. The molecule has 1 rings (SSSR count). The fourth-order valence-corrected chi connectivity index (χ4v) is 1.88. The van der Waals surface area contributed by atoms with Crippen LogP contribution in [0.4, 0.5) is 4.79 Å². The van der Waals surface area contributed by atoms with Crippen LogP contribution in [0.15, 0.2) is 0 Å². The van der Waals surface area contributed by atoms with Gasteiger partial charge in [0.2, 0.25) is 0 Å². The van der Waals surface area contributed by atoms with Crippen LogP contribution < -0.4 is 16.4 Å². The minimum Gasteiger partial charge on any atom is -0.338 e. The fraction of sp³-hybridized carbons (Fsp3) is 0.917. The van der Waals surface area contributed by atoms with Crippen molar-refractivity contribution >= 4 is 6.03 Å². The van der Waals surface area contributed by atoms with Crippen molar-refractivity contribution < 1.29 is 4.79 Å². The molecule has 0 aromatic heterocycles. The van der Waals surface area contributed by atoms with E-state index in [-0.39, 0.29) is 11.4 Å². The Hall–Kier alpha value is -0.770. The Morgan fingerprint density at radius 1 is 1.31 bits per heavy atom. The monoisotopic (exact) mass is 227 g/mol. The summed E-state index contributed by atoms with van der Waals surface area (Å²) in [4.78, 5) is 11.6. The second kappa shape index (κ2) is 6.09. The first kappa shape index (κ1) is 13.3. The van der Waals surface area contributed by atoms with Gasteiger partial charge >= 0.3 is 6.03 Å². The molecule has 0 unspecified atom stereocenters. The molecule has 1 aliphatic carbocycles. The van der Waals surface area contributed by atoms with E-state index >= 15 is 0 Å². The predicted molar refractivity (Wildman–Crippen MR) is 66.2 cm³/mol. The molecular weight excluding hydrogens is 202 g/mol. The third-order valence-corrected chi connectivity index (χ3v) is 3.22. The van der Waals surface area contributed by atoms with Crippen molar-refractivity contribution in [2.24, 2.45) is 11.1 Å². The second-order valence-corrected chi connectivity index (χ2v) is 5.53. The molecule has 4 heteroatoms. The van der Waals surface area contributed by atoms with Gasteiger partial charge in [-0.3, -0.25) is 0 Å². The Morgan fingerprint density at radius 2 is 1.94 bits per heavy atom. The van der Waals surface area contributed by atoms with E-state index in [0.29, 0.717) is 19.1 Å². The molecule has 0 heterocycles. The minimum atomic E-state index is -0.0478. The number of nitrogens with one attached hydrogen (secondary N) is 2. The van der Waals surface area contributed by atoms with E-state index < -0.39 is 0 Å². The van der Waals surface area contributed by atoms with Gasteiger partial charge in [-0.2, -0.15) is 0 Å². The second-order valence-electron chi connectivity index (χ2n) is 5.53.